The number of nitrogens with zero attached hydrogens (tertiary/aromatic N) is 4. The zero-order chi connectivity index (χ0) is 20.4. The first kappa shape index (κ1) is 19.4. The summed E-state index contributed by atoms with van der Waals surface area (Å²) in [5, 5.41) is 4.99. The second-order valence-corrected chi connectivity index (χ2v) is 7.44. The van der Waals surface area contributed by atoms with Crippen LogP contribution in [-0.4, -0.2) is 33.0 Å². The van der Waals surface area contributed by atoms with Gasteiger partial charge in [-0.2, -0.15) is 5.10 Å². The summed E-state index contributed by atoms with van der Waals surface area (Å²) in [6.07, 6.45) is 4.34. The summed E-state index contributed by atoms with van der Waals surface area (Å²) in [5.74, 6) is 0.445. The van der Waals surface area contributed by atoms with E-state index in [2.05, 4.69) is 40.0 Å². The fourth-order valence-electron chi connectivity index (χ4n) is 3.94. The Kier molecular flexibility index (Phi) is 5.49. The monoisotopic (exact) mass is 393 g/mol. The maximum atomic E-state index is 12.7. The van der Waals surface area contributed by atoms with E-state index in [0.29, 0.717) is 29.5 Å². The van der Waals surface area contributed by atoms with Crippen LogP contribution < -0.4 is 11.0 Å². The summed E-state index contributed by atoms with van der Waals surface area (Å²) in [5.41, 5.74) is 6.94. The van der Waals surface area contributed by atoms with Gasteiger partial charge in [-0.1, -0.05) is 12.1 Å². The topological polar surface area (TPSA) is 73.4 Å². The minimum absolute atomic E-state index is 0.0643. The maximum Gasteiger partial charge on any atom is 0.262 e. The zero-order valence-electron chi connectivity index (χ0n) is 17.2. The van der Waals surface area contributed by atoms with Crippen molar-refractivity contribution >= 4 is 23.1 Å². The van der Waals surface area contributed by atoms with Crippen molar-refractivity contribution in [2.45, 2.75) is 52.8 Å². The molecule has 1 aliphatic rings. The van der Waals surface area contributed by atoms with E-state index in [-0.39, 0.29) is 5.56 Å². The van der Waals surface area contributed by atoms with Gasteiger partial charge in [0, 0.05) is 36.6 Å². The minimum Gasteiger partial charge on any atom is -0.376 e. The summed E-state index contributed by atoms with van der Waals surface area (Å²) in [4.78, 5) is 17.3. The average Bonchev–Trinajstić information content (AvgIpc) is 3.32. The SMILES string of the molecule is CCn1c(N/N=C\c2cc(C)n(C[C@H]3CCCO3)c2C)nc2ccccc2c1=O. The van der Waals surface area contributed by atoms with Crippen LogP contribution in [0.25, 0.3) is 10.9 Å². The number of rotatable bonds is 6. The summed E-state index contributed by atoms with van der Waals surface area (Å²) in [6, 6.07) is 9.48. The second kappa shape index (κ2) is 8.21. The van der Waals surface area contributed by atoms with Crippen molar-refractivity contribution in [3.05, 3.63) is 57.6 Å². The Morgan fingerprint density at radius 2 is 2.14 bits per heavy atom. The lowest BCUT2D eigenvalue weighted by Crippen LogP contribution is -2.23. The summed E-state index contributed by atoms with van der Waals surface area (Å²) >= 11 is 0. The van der Waals surface area contributed by atoms with Crippen molar-refractivity contribution in [3.63, 3.8) is 0 Å². The largest absolute Gasteiger partial charge is 0.376 e. The molecule has 0 radical (unpaired) electrons. The molecule has 0 aliphatic carbocycles. The van der Waals surface area contributed by atoms with Crippen molar-refractivity contribution in [2.24, 2.45) is 5.10 Å². The van der Waals surface area contributed by atoms with Gasteiger partial charge in [0.05, 0.1) is 23.2 Å². The van der Waals surface area contributed by atoms with Crippen LogP contribution in [-0.2, 0) is 17.8 Å². The van der Waals surface area contributed by atoms with Gasteiger partial charge in [-0.15, -0.1) is 0 Å². The molecular formula is C22H27N5O2. The quantitative estimate of drug-likeness (QED) is 0.514. The first-order chi connectivity index (χ1) is 14.1. The molecule has 2 aromatic heterocycles. The molecule has 0 bridgehead atoms. The number of nitrogens with one attached hydrogen (secondary N) is 1. The van der Waals surface area contributed by atoms with Crippen molar-refractivity contribution in [3.8, 4) is 0 Å². The molecule has 1 aromatic carbocycles. The average molecular weight is 393 g/mol. The van der Waals surface area contributed by atoms with Gasteiger partial charge in [0.1, 0.15) is 0 Å². The number of hydrogen-bond donors (Lipinski definition) is 1. The van der Waals surface area contributed by atoms with Gasteiger partial charge in [-0.3, -0.25) is 9.36 Å². The molecule has 1 N–H and O–H groups in total. The van der Waals surface area contributed by atoms with E-state index in [1.54, 1.807) is 16.8 Å². The fourth-order valence-corrected chi connectivity index (χ4v) is 3.94. The van der Waals surface area contributed by atoms with E-state index >= 15 is 0 Å². The fraction of sp³-hybridized carbons (Fsp3) is 0.409. The number of anilines is 1. The Morgan fingerprint density at radius 3 is 2.90 bits per heavy atom. The van der Waals surface area contributed by atoms with Crippen LogP contribution >= 0.6 is 0 Å². The van der Waals surface area contributed by atoms with Crippen LogP contribution in [0.3, 0.4) is 0 Å². The van der Waals surface area contributed by atoms with Gasteiger partial charge >= 0.3 is 0 Å². The molecule has 152 valence electrons. The molecule has 3 heterocycles. The highest BCUT2D eigenvalue weighted by Gasteiger charge is 2.18. The number of fused-ring (bicyclic) bond motifs is 1. The van der Waals surface area contributed by atoms with Gasteiger partial charge in [0.15, 0.2) is 0 Å². The molecule has 0 unspecified atom stereocenters. The summed E-state index contributed by atoms with van der Waals surface area (Å²) < 4.78 is 9.66. The molecule has 0 amide bonds. The Balaban J connectivity index is 1.57. The lowest BCUT2D eigenvalue weighted by atomic mass is 10.2. The molecule has 1 fully saturated rings. The first-order valence-electron chi connectivity index (χ1n) is 10.2. The number of hydrogen-bond acceptors (Lipinski definition) is 5. The van der Waals surface area contributed by atoms with E-state index in [4.69, 9.17) is 4.74 Å². The third kappa shape index (κ3) is 3.82. The molecule has 1 aliphatic heterocycles. The summed E-state index contributed by atoms with van der Waals surface area (Å²) in [6.45, 7) is 8.38. The van der Waals surface area contributed by atoms with Crippen molar-refractivity contribution in [2.75, 3.05) is 12.0 Å². The van der Waals surface area contributed by atoms with Gasteiger partial charge in [-0.05, 0) is 51.8 Å². The van der Waals surface area contributed by atoms with Gasteiger partial charge in [-0.25, -0.2) is 10.4 Å². The van der Waals surface area contributed by atoms with Crippen LogP contribution in [0.1, 0.15) is 36.7 Å². The molecule has 0 spiro atoms. The van der Waals surface area contributed by atoms with Crippen molar-refractivity contribution in [1.82, 2.24) is 14.1 Å². The first-order valence-corrected chi connectivity index (χ1v) is 10.2. The maximum absolute atomic E-state index is 12.7. The van der Waals surface area contributed by atoms with Gasteiger partial charge in [0.25, 0.3) is 5.56 Å². The number of ether oxygens (including phenoxy) is 1. The number of benzene rings is 1. The van der Waals surface area contributed by atoms with Crippen LogP contribution in [0.4, 0.5) is 5.95 Å². The highest BCUT2D eigenvalue weighted by atomic mass is 16.5. The molecule has 3 aromatic rings. The smallest absolute Gasteiger partial charge is 0.262 e. The molecule has 0 saturated carbocycles. The highest BCUT2D eigenvalue weighted by Crippen LogP contribution is 2.19. The summed E-state index contributed by atoms with van der Waals surface area (Å²) in [7, 11) is 0. The van der Waals surface area contributed by atoms with E-state index in [1.807, 2.05) is 25.1 Å². The third-order valence-electron chi connectivity index (χ3n) is 5.57. The van der Waals surface area contributed by atoms with E-state index in [1.165, 1.54) is 5.69 Å². The van der Waals surface area contributed by atoms with E-state index in [9.17, 15) is 4.79 Å². The molecule has 1 atom stereocenters. The Bertz CT molecular complexity index is 1110. The Morgan fingerprint density at radius 1 is 1.31 bits per heavy atom. The predicted molar refractivity (Wildman–Crippen MR) is 116 cm³/mol. The van der Waals surface area contributed by atoms with E-state index in [0.717, 1.165) is 37.3 Å². The number of para-hydroxylation sites is 1. The lowest BCUT2D eigenvalue weighted by molar-refractivity contribution is 0.0962. The van der Waals surface area contributed by atoms with Crippen molar-refractivity contribution < 1.29 is 4.74 Å². The standard InChI is InChI=1S/C22H27N5O2/c1-4-26-21(28)19-9-5-6-10-20(19)24-22(26)25-23-13-17-12-15(2)27(16(17)3)14-18-8-7-11-29-18/h5-6,9-10,12-13,18H,4,7-8,11,14H2,1-3H3,(H,24,25)/b23-13-/t18-/m1/s1. The van der Waals surface area contributed by atoms with E-state index < -0.39 is 0 Å². The number of aromatic nitrogens is 3. The third-order valence-corrected chi connectivity index (χ3v) is 5.57. The molecule has 1 saturated heterocycles. The Hall–Kier alpha value is -2.93. The van der Waals surface area contributed by atoms with Crippen molar-refractivity contribution in [1.29, 1.82) is 0 Å². The van der Waals surface area contributed by atoms with Gasteiger partial charge < -0.3 is 9.30 Å². The predicted octanol–water partition coefficient (Wildman–Crippen LogP) is 3.46. The number of hydrazone groups is 1. The van der Waals surface area contributed by atoms with Crippen LogP contribution in [0.5, 0.6) is 0 Å². The lowest BCUT2D eigenvalue weighted by Gasteiger charge is -2.14. The van der Waals surface area contributed by atoms with Crippen LogP contribution in [0.15, 0.2) is 40.2 Å². The highest BCUT2D eigenvalue weighted by molar-refractivity contribution is 5.82. The van der Waals surface area contributed by atoms with Crippen LogP contribution in [0, 0.1) is 13.8 Å². The minimum atomic E-state index is -0.0643. The molecule has 4 rings (SSSR count). The normalized spacial score (nSPS) is 16.9. The Labute approximate surface area is 170 Å². The van der Waals surface area contributed by atoms with Crippen LogP contribution in [0.2, 0.25) is 0 Å². The van der Waals surface area contributed by atoms with Gasteiger partial charge in [0.2, 0.25) is 5.95 Å². The molecule has 7 nitrogen and oxygen atoms in total. The molecular weight excluding hydrogens is 366 g/mol. The second-order valence-electron chi connectivity index (χ2n) is 7.44. The molecule has 29 heavy (non-hydrogen) atoms. The number of aryl methyl sites for hydroxylation is 1. The molecule has 7 heteroatoms. The zero-order valence-corrected chi connectivity index (χ0v) is 17.2.